The molecule has 3 nitrogen and oxygen atoms in total. The molecule has 0 saturated heterocycles. The van der Waals surface area contributed by atoms with Crippen molar-refractivity contribution in [3.05, 3.63) is 22.7 Å². The van der Waals surface area contributed by atoms with E-state index in [1.807, 2.05) is 12.1 Å². The fraction of sp³-hybridized carbons (Fsp3) is 0.455. The lowest BCUT2D eigenvalue weighted by atomic mass is 10.2. The number of rotatable bonds is 3. The topological polar surface area (TPSA) is 38.5 Å². The summed E-state index contributed by atoms with van der Waals surface area (Å²) < 4.78 is 6.67. The molecule has 4 heteroatoms. The van der Waals surface area contributed by atoms with Crippen LogP contribution in [0.5, 0.6) is 5.75 Å². The molecule has 82 valence electrons. The van der Waals surface area contributed by atoms with Gasteiger partial charge in [0.25, 0.3) is 0 Å². The van der Waals surface area contributed by atoms with Crippen molar-refractivity contribution in [2.45, 2.75) is 6.42 Å². The van der Waals surface area contributed by atoms with Gasteiger partial charge in [-0.1, -0.05) is 15.9 Å². The normalized spacial score (nSPS) is 14.7. The highest BCUT2D eigenvalue weighted by molar-refractivity contribution is 9.10. The van der Waals surface area contributed by atoms with Gasteiger partial charge in [0.15, 0.2) is 0 Å². The number of fused-ring (bicyclic) bond motifs is 1. The Balaban J connectivity index is 2.18. The third-order valence-electron chi connectivity index (χ3n) is 2.51. The summed E-state index contributed by atoms with van der Waals surface area (Å²) in [6.07, 6.45) is 1.02. The number of halogens is 1. The standard InChI is InChI=1S/C11H15BrN2O/c12-9-2-3-10-11(8-9)15-7-6-14(10)5-1-4-13/h2-3,8H,1,4-7,13H2. The molecule has 0 amide bonds. The first kappa shape index (κ1) is 10.8. The molecule has 0 aliphatic carbocycles. The van der Waals surface area contributed by atoms with Gasteiger partial charge >= 0.3 is 0 Å². The van der Waals surface area contributed by atoms with Crippen molar-refractivity contribution in [3.63, 3.8) is 0 Å². The SMILES string of the molecule is NCCCN1CCOc2cc(Br)ccc21. The second kappa shape index (κ2) is 4.86. The first-order valence-corrected chi connectivity index (χ1v) is 5.98. The number of nitrogens with zero attached hydrogens (tertiary/aromatic N) is 1. The van der Waals surface area contributed by atoms with Gasteiger partial charge in [0.05, 0.1) is 12.2 Å². The number of benzene rings is 1. The minimum atomic E-state index is 0.739. The molecule has 0 fully saturated rings. The highest BCUT2D eigenvalue weighted by Gasteiger charge is 2.17. The molecular weight excluding hydrogens is 256 g/mol. The maximum absolute atomic E-state index is 5.61. The second-order valence-corrected chi connectivity index (χ2v) is 4.51. The van der Waals surface area contributed by atoms with Crippen molar-refractivity contribution >= 4 is 21.6 Å². The molecule has 1 aliphatic heterocycles. The summed E-state index contributed by atoms with van der Waals surface area (Å²) in [6.45, 7) is 3.46. The van der Waals surface area contributed by atoms with E-state index in [1.165, 1.54) is 5.69 Å². The highest BCUT2D eigenvalue weighted by atomic mass is 79.9. The van der Waals surface area contributed by atoms with Crippen molar-refractivity contribution in [1.82, 2.24) is 0 Å². The fourth-order valence-corrected chi connectivity index (χ4v) is 2.11. The van der Waals surface area contributed by atoms with Crippen LogP contribution < -0.4 is 15.4 Å². The Hall–Kier alpha value is -0.740. The van der Waals surface area contributed by atoms with Gasteiger partial charge in [-0.05, 0) is 31.2 Å². The van der Waals surface area contributed by atoms with E-state index in [0.717, 1.165) is 42.9 Å². The van der Waals surface area contributed by atoms with Crippen molar-refractivity contribution in [3.8, 4) is 5.75 Å². The van der Waals surface area contributed by atoms with E-state index in [1.54, 1.807) is 0 Å². The minimum Gasteiger partial charge on any atom is -0.490 e. The molecule has 0 saturated carbocycles. The number of nitrogens with two attached hydrogens (primary N) is 1. The summed E-state index contributed by atoms with van der Waals surface area (Å²) in [4.78, 5) is 2.33. The predicted molar refractivity (Wildman–Crippen MR) is 65.5 cm³/mol. The lowest BCUT2D eigenvalue weighted by Gasteiger charge is -2.31. The number of hydrogen-bond acceptors (Lipinski definition) is 3. The van der Waals surface area contributed by atoms with E-state index in [4.69, 9.17) is 10.5 Å². The maximum Gasteiger partial charge on any atom is 0.143 e. The summed E-state index contributed by atoms with van der Waals surface area (Å²) in [5.74, 6) is 0.965. The molecular formula is C11H15BrN2O. The van der Waals surface area contributed by atoms with Crippen LogP contribution >= 0.6 is 15.9 Å². The van der Waals surface area contributed by atoms with Crippen molar-refractivity contribution < 1.29 is 4.74 Å². The summed E-state index contributed by atoms with van der Waals surface area (Å²) in [5, 5.41) is 0. The fourth-order valence-electron chi connectivity index (χ4n) is 1.77. The van der Waals surface area contributed by atoms with Crippen LogP contribution in [0, 0.1) is 0 Å². The summed E-state index contributed by atoms with van der Waals surface area (Å²) in [7, 11) is 0. The van der Waals surface area contributed by atoms with Gasteiger partial charge in [0.1, 0.15) is 12.4 Å². The van der Waals surface area contributed by atoms with Gasteiger partial charge in [0.2, 0.25) is 0 Å². The Bertz CT molecular complexity index is 343. The van der Waals surface area contributed by atoms with Crippen LogP contribution in [0.15, 0.2) is 22.7 Å². The molecule has 1 aromatic carbocycles. The molecule has 2 N–H and O–H groups in total. The van der Waals surface area contributed by atoms with Gasteiger partial charge < -0.3 is 15.4 Å². The van der Waals surface area contributed by atoms with Gasteiger partial charge in [-0.2, -0.15) is 0 Å². The smallest absolute Gasteiger partial charge is 0.143 e. The van der Waals surface area contributed by atoms with Crippen LogP contribution in [0.1, 0.15) is 6.42 Å². The van der Waals surface area contributed by atoms with E-state index in [9.17, 15) is 0 Å². The van der Waals surface area contributed by atoms with E-state index in [-0.39, 0.29) is 0 Å². The summed E-state index contributed by atoms with van der Waals surface area (Å²) >= 11 is 3.44. The predicted octanol–water partition coefficient (Wildman–Crippen LogP) is 2.00. The third-order valence-corrected chi connectivity index (χ3v) is 3.01. The Morgan fingerprint density at radius 3 is 3.13 bits per heavy atom. The monoisotopic (exact) mass is 270 g/mol. The van der Waals surface area contributed by atoms with Crippen molar-refractivity contribution in [2.75, 3.05) is 31.1 Å². The van der Waals surface area contributed by atoms with Gasteiger partial charge in [0, 0.05) is 11.0 Å². The van der Waals surface area contributed by atoms with E-state index < -0.39 is 0 Å². The van der Waals surface area contributed by atoms with E-state index in [2.05, 4.69) is 26.9 Å². The van der Waals surface area contributed by atoms with Gasteiger partial charge in [-0.3, -0.25) is 0 Å². The van der Waals surface area contributed by atoms with Crippen molar-refractivity contribution in [1.29, 1.82) is 0 Å². The Labute approximate surface area is 98.3 Å². The number of anilines is 1. The molecule has 0 radical (unpaired) electrons. The number of ether oxygens (including phenoxy) is 1. The average Bonchev–Trinajstić information content (AvgIpc) is 2.25. The molecule has 0 bridgehead atoms. The van der Waals surface area contributed by atoms with Crippen LogP contribution in [0.25, 0.3) is 0 Å². The van der Waals surface area contributed by atoms with Gasteiger partial charge in [-0.25, -0.2) is 0 Å². The van der Waals surface area contributed by atoms with Crippen LogP contribution in [-0.4, -0.2) is 26.2 Å². The average molecular weight is 271 g/mol. The molecule has 0 atom stereocenters. The summed E-state index contributed by atoms with van der Waals surface area (Å²) in [5.41, 5.74) is 6.70. The zero-order valence-electron chi connectivity index (χ0n) is 8.58. The van der Waals surface area contributed by atoms with Gasteiger partial charge in [-0.15, -0.1) is 0 Å². The van der Waals surface area contributed by atoms with Crippen LogP contribution in [0.3, 0.4) is 0 Å². The number of hydrogen-bond donors (Lipinski definition) is 1. The highest BCUT2D eigenvalue weighted by Crippen LogP contribution is 2.33. The molecule has 1 aromatic rings. The maximum atomic E-state index is 5.61. The molecule has 2 rings (SSSR count). The van der Waals surface area contributed by atoms with E-state index >= 15 is 0 Å². The van der Waals surface area contributed by atoms with Crippen molar-refractivity contribution in [2.24, 2.45) is 5.73 Å². The molecule has 0 spiro atoms. The largest absolute Gasteiger partial charge is 0.490 e. The summed E-state index contributed by atoms with van der Waals surface area (Å²) in [6, 6.07) is 6.15. The molecule has 1 aliphatic rings. The second-order valence-electron chi connectivity index (χ2n) is 3.59. The molecule has 1 heterocycles. The third kappa shape index (κ3) is 2.44. The zero-order valence-corrected chi connectivity index (χ0v) is 10.2. The van der Waals surface area contributed by atoms with Crippen LogP contribution in [0.2, 0.25) is 0 Å². The molecule has 0 unspecified atom stereocenters. The minimum absolute atomic E-state index is 0.739. The lowest BCUT2D eigenvalue weighted by molar-refractivity contribution is 0.307. The van der Waals surface area contributed by atoms with Crippen LogP contribution in [0.4, 0.5) is 5.69 Å². The molecule has 15 heavy (non-hydrogen) atoms. The quantitative estimate of drug-likeness (QED) is 0.913. The van der Waals surface area contributed by atoms with Crippen LogP contribution in [-0.2, 0) is 0 Å². The molecule has 0 aromatic heterocycles. The van der Waals surface area contributed by atoms with E-state index in [0.29, 0.717) is 0 Å². The zero-order chi connectivity index (χ0) is 10.7. The Morgan fingerprint density at radius 1 is 1.47 bits per heavy atom. The lowest BCUT2D eigenvalue weighted by Crippen LogP contribution is -2.34. The first-order chi connectivity index (χ1) is 7.31. The Kier molecular flexibility index (Phi) is 3.49. The first-order valence-electron chi connectivity index (χ1n) is 5.18. The Morgan fingerprint density at radius 2 is 2.33 bits per heavy atom.